The monoisotopic (exact) mass is 516 g/mol. The SMILES string of the molecule is Cc1cc2ncnc(NC3CC3)c2cc1-c1cccc(CN(C(=O)c2ccccc2C(F)(F)F)C2CC2)c1. The average Bonchev–Trinajstić information content (AvgIpc) is 3.82. The molecule has 2 saturated carbocycles. The highest BCUT2D eigenvalue weighted by molar-refractivity contribution is 5.96. The third-order valence-electron chi connectivity index (χ3n) is 7.20. The highest BCUT2D eigenvalue weighted by atomic mass is 19.4. The Balaban J connectivity index is 1.32. The van der Waals surface area contributed by atoms with E-state index in [0.29, 0.717) is 6.04 Å². The molecule has 194 valence electrons. The second-order valence-corrected chi connectivity index (χ2v) is 10.2. The van der Waals surface area contributed by atoms with Crippen molar-refractivity contribution in [2.45, 2.75) is 57.4 Å². The number of nitrogens with zero attached hydrogens (tertiary/aromatic N) is 3. The van der Waals surface area contributed by atoms with Gasteiger partial charge in [-0.15, -0.1) is 0 Å². The van der Waals surface area contributed by atoms with Gasteiger partial charge < -0.3 is 10.2 Å². The van der Waals surface area contributed by atoms with Crippen molar-refractivity contribution in [3.8, 4) is 11.1 Å². The van der Waals surface area contributed by atoms with Crippen LogP contribution in [0.25, 0.3) is 22.0 Å². The molecular formula is C30H27F3N4O. The van der Waals surface area contributed by atoms with Crippen LogP contribution in [-0.4, -0.2) is 32.9 Å². The number of hydrogen-bond donors (Lipinski definition) is 1. The molecule has 3 aromatic carbocycles. The average molecular weight is 517 g/mol. The minimum atomic E-state index is -4.59. The molecule has 6 rings (SSSR count). The zero-order chi connectivity index (χ0) is 26.4. The van der Waals surface area contributed by atoms with E-state index in [1.807, 2.05) is 37.3 Å². The van der Waals surface area contributed by atoms with Gasteiger partial charge in [-0.05, 0) is 85.2 Å². The largest absolute Gasteiger partial charge is 0.417 e. The summed E-state index contributed by atoms with van der Waals surface area (Å²) >= 11 is 0. The molecule has 2 aliphatic carbocycles. The van der Waals surface area contributed by atoms with Gasteiger partial charge >= 0.3 is 6.18 Å². The number of alkyl halides is 3. The fraction of sp³-hybridized carbons (Fsp3) is 0.300. The van der Waals surface area contributed by atoms with E-state index in [-0.39, 0.29) is 18.2 Å². The first-order chi connectivity index (χ1) is 18.3. The molecule has 1 heterocycles. The molecule has 0 aliphatic heterocycles. The zero-order valence-electron chi connectivity index (χ0n) is 20.9. The Kier molecular flexibility index (Phi) is 6.05. The van der Waals surface area contributed by atoms with Crippen molar-refractivity contribution in [3.05, 3.63) is 89.2 Å². The molecule has 0 radical (unpaired) electrons. The molecule has 0 saturated heterocycles. The van der Waals surface area contributed by atoms with Crippen LogP contribution < -0.4 is 5.32 Å². The molecule has 5 nitrogen and oxygen atoms in total. The molecule has 2 fully saturated rings. The third-order valence-corrected chi connectivity index (χ3v) is 7.20. The highest BCUT2D eigenvalue weighted by Gasteiger charge is 2.39. The molecule has 1 amide bonds. The fourth-order valence-electron chi connectivity index (χ4n) is 4.91. The molecule has 0 unspecified atom stereocenters. The molecule has 8 heteroatoms. The first-order valence-corrected chi connectivity index (χ1v) is 12.9. The van der Waals surface area contributed by atoms with E-state index < -0.39 is 17.6 Å². The Hall–Kier alpha value is -3.94. The molecule has 0 bridgehead atoms. The number of halogens is 3. The number of hydrogen-bond acceptors (Lipinski definition) is 4. The second kappa shape index (κ2) is 9.42. The van der Waals surface area contributed by atoms with Crippen molar-refractivity contribution in [3.63, 3.8) is 0 Å². The van der Waals surface area contributed by atoms with Gasteiger partial charge in [0.25, 0.3) is 5.91 Å². The lowest BCUT2D eigenvalue weighted by atomic mass is 9.96. The van der Waals surface area contributed by atoms with Gasteiger partial charge in [-0.3, -0.25) is 4.79 Å². The minimum absolute atomic E-state index is 0.0527. The van der Waals surface area contributed by atoms with Crippen LogP contribution in [0.2, 0.25) is 0 Å². The summed E-state index contributed by atoms with van der Waals surface area (Å²) in [6.07, 6.45) is 0.839. The standard InChI is InChI=1S/C30H27F3N4O/c1-18-13-27-25(28(35-17-34-27)36-21-9-10-21)15-24(18)20-6-4-5-19(14-20)16-37(22-11-12-22)29(38)23-7-2-3-8-26(23)30(31,32)33/h2-8,13-15,17,21-22H,9-12,16H2,1H3,(H,34,35,36). The van der Waals surface area contributed by atoms with Crippen LogP contribution in [0.3, 0.4) is 0 Å². The van der Waals surface area contributed by atoms with Gasteiger partial charge in [-0.2, -0.15) is 13.2 Å². The van der Waals surface area contributed by atoms with Crippen LogP contribution in [-0.2, 0) is 12.7 Å². The van der Waals surface area contributed by atoms with Crippen LogP contribution >= 0.6 is 0 Å². The van der Waals surface area contributed by atoms with E-state index in [2.05, 4.69) is 21.4 Å². The number of nitrogens with one attached hydrogen (secondary N) is 1. The van der Waals surface area contributed by atoms with Crippen molar-refractivity contribution in [1.29, 1.82) is 0 Å². The normalized spacial score (nSPS) is 15.5. The van der Waals surface area contributed by atoms with E-state index in [0.717, 1.165) is 70.7 Å². The number of rotatable bonds is 7. The van der Waals surface area contributed by atoms with E-state index >= 15 is 0 Å². The van der Waals surface area contributed by atoms with Gasteiger partial charge in [-0.25, -0.2) is 9.97 Å². The summed E-state index contributed by atoms with van der Waals surface area (Å²) < 4.78 is 40.9. The molecule has 1 aromatic heterocycles. The summed E-state index contributed by atoms with van der Waals surface area (Å²) in [7, 11) is 0. The topological polar surface area (TPSA) is 58.1 Å². The number of aromatic nitrogens is 2. The van der Waals surface area contributed by atoms with Crippen molar-refractivity contribution in [2.75, 3.05) is 5.32 Å². The van der Waals surface area contributed by atoms with Gasteiger partial charge in [0.2, 0.25) is 0 Å². The van der Waals surface area contributed by atoms with E-state index in [9.17, 15) is 18.0 Å². The number of aryl methyl sites for hydroxylation is 1. The molecular weight excluding hydrogens is 489 g/mol. The summed E-state index contributed by atoms with van der Waals surface area (Å²) in [6, 6.07) is 17.4. The molecule has 2 aliphatic rings. The molecule has 38 heavy (non-hydrogen) atoms. The van der Waals surface area contributed by atoms with Gasteiger partial charge in [0.1, 0.15) is 12.1 Å². The number of fused-ring (bicyclic) bond motifs is 1. The van der Waals surface area contributed by atoms with Gasteiger partial charge in [0.05, 0.1) is 16.6 Å². The Labute approximate surface area is 218 Å². The Morgan fingerprint density at radius 2 is 1.79 bits per heavy atom. The highest BCUT2D eigenvalue weighted by Crippen LogP contribution is 2.37. The summed E-state index contributed by atoms with van der Waals surface area (Å²) in [5.41, 5.74) is 3.60. The summed E-state index contributed by atoms with van der Waals surface area (Å²) in [4.78, 5) is 23.9. The lowest BCUT2D eigenvalue weighted by Crippen LogP contribution is -2.34. The van der Waals surface area contributed by atoms with Gasteiger partial charge in [-0.1, -0.05) is 30.3 Å². The van der Waals surface area contributed by atoms with E-state index in [1.54, 1.807) is 11.2 Å². The smallest absolute Gasteiger partial charge is 0.367 e. The molecule has 0 atom stereocenters. The predicted molar refractivity (Wildman–Crippen MR) is 141 cm³/mol. The lowest BCUT2D eigenvalue weighted by molar-refractivity contribution is -0.138. The van der Waals surface area contributed by atoms with Crippen molar-refractivity contribution in [1.82, 2.24) is 14.9 Å². The predicted octanol–water partition coefficient (Wildman–Crippen LogP) is 7.00. The van der Waals surface area contributed by atoms with Crippen LogP contribution in [0.5, 0.6) is 0 Å². The number of amides is 1. The number of carbonyl (C=O) groups is 1. The fourth-order valence-corrected chi connectivity index (χ4v) is 4.91. The second-order valence-electron chi connectivity index (χ2n) is 10.2. The number of benzene rings is 3. The maximum absolute atomic E-state index is 13.6. The zero-order valence-corrected chi connectivity index (χ0v) is 20.9. The summed E-state index contributed by atoms with van der Waals surface area (Å²) in [6.45, 7) is 2.28. The summed E-state index contributed by atoms with van der Waals surface area (Å²) in [5, 5.41) is 4.43. The third kappa shape index (κ3) is 4.95. The Bertz CT molecular complexity index is 1530. The quantitative estimate of drug-likeness (QED) is 0.287. The van der Waals surface area contributed by atoms with Gasteiger partial charge in [0, 0.05) is 24.0 Å². The lowest BCUT2D eigenvalue weighted by Gasteiger charge is -2.24. The maximum atomic E-state index is 13.6. The van der Waals surface area contributed by atoms with Crippen LogP contribution in [0.1, 0.15) is 52.7 Å². The first-order valence-electron chi connectivity index (χ1n) is 12.9. The molecule has 0 spiro atoms. The Morgan fingerprint density at radius 1 is 1.00 bits per heavy atom. The Morgan fingerprint density at radius 3 is 2.53 bits per heavy atom. The first kappa shape index (κ1) is 24.4. The van der Waals surface area contributed by atoms with Crippen molar-refractivity contribution < 1.29 is 18.0 Å². The van der Waals surface area contributed by atoms with Crippen molar-refractivity contribution >= 4 is 22.6 Å². The van der Waals surface area contributed by atoms with Gasteiger partial charge in [0.15, 0.2) is 0 Å². The molecule has 4 aromatic rings. The van der Waals surface area contributed by atoms with E-state index in [4.69, 9.17) is 0 Å². The van der Waals surface area contributed by atoms with Crippen LogP contribution in [0.15, 0.2) is 67.0 Å². The maximum Gasteiger partial charge on any atom is 0.417 e. The van der Waals surface area contributed by atoms with E-state index in [1.165, 1.54) is 18.2 Å². The summed E-state index contributed by atoms with van der Waals surface area (Å²) in [5.74, 6) is 0.240. The minimum Gasteiger partial charge on any atom is -0.367 e. The number of carbonyl (C=O) groups excluding carboxylic acids is 1. The van der Waals surface area contributed by atoms with Crippen molar-refractivity contribution in [2.24, 2.45) is 0 Å². The van der Waals surface area contributed by atoms with Crippen LogP contribution in [0, 0.1) is 6.92 Å². The molecule has 1 N–H and O–H groups in total. The van der Waals surface area contributed by atoms with Crippen LogP contribution in [0.4, 0.5) is 19.0 Å². The number of anilines is 1.